The highest BCUT2D eigenvalue weighted by Gasteiger charge is 2.32. The van der Waals surface area contributed by atoms with Crippen molar-refractivity contribution < 1.29 is 22.3 Å². The van der Waals surface area contributed by atoms with Crippen molar-refractivity contribution in [3.05, 3.63) is 53.8 Å². The van der Waals surface area contributed by atoms with Crippen molar-refractivity contribution in [3.8, 4) is 16.9 Å². The first-order valence-electron chi connectivity index (χ1n) is 12.3. The molecule has 33 heavy (non-hydrogen) atoms. The van der Waals surface area contributed by atoms with Crippen molar-refractivity contribution in [1.29, 1.82) is 0 Å². The number of hydrogen-bond acceptors (Lipinski definition) is 1. The van der Waals surface area contributed by atoms with Crippen LogP contribution in [0.5, 0.6) is 5.75 Å². The van der Waals surface area contributed by atoms with Crippen LogP contribution in [0.3, 0.4) is 0 Å². The summed E-state index contributed by atoms with van der Waals surface area (Å²) >= 11 is 0. The summed E-state index contributed by atoms with van der Waals surface area (Å²) in [7, 11) is -0.0717. The number of alkyl halides is 3. The third kappa shape index (κ3) is 6.40. The van der Waals surface area contributed by atoms with Gasteiger partial charge in [-0.1, -0.05) is 68.6 Å². The zero-order valence-electron chi connectivity index (χ0n) is 19.3. The summed E-state index contributed by atoms with van der Waals surface area (Å²) in [6.07, 6.45) is 3.96. The Morgan fingerprint density at radius 3 is 2.03 bits per heavy atom. The zero-order chi connectivity index (χ0) is 23.4. The van der Waals surface area contributed by atoms with Crippen molar-refractivity contribution in [2.24, 2.45) is 11.8 Å². The molecule has 179 valence electrons. The Kier molecular flexibility index (Phi) is 7.82. The molecular weight excluding hydrogens is 444 g/mol. The van der Waals surface area contributed by atoms with Gasteiger partial charge in [0.25, 0.3) is 0 Å². The molecule has 0 amide bonds. The van der Waals surface area contributed by atoms with Crippen molar-refractivity contribution >= 4 is 8.80 Å². The summed E-state index contributed by atoms with van der Waals surface area (Å²) < 4.78 is 56.0. The first-order chi connectivity index (χ1) is 15.8. The summed E-state index contributed by atoms with van der Waals surface area (Å²) in [5.74, 6) is 1.47. The standard InChI is InChI=1S/C27H33F4OSi/c1-2-15-33-16-13-21(14-17-33)19-3-5-22(6-4-19)25-12-9-23(18-26(25)28)20-7-10-24(11-8-20)32-27(29,30)31/h7-12,18-19,21-22H,2-6,13-17H2,1H3. The molecule has 2 aliphatic rings. The molecule has 1 radical (unpaired) electrons. The largest absolute Gasteiger partial charge is 0.573 e. The SMILES string of the molecule is CCC[Si]1CCC(C2CCC(c3ccc(-c4ccc(OC(F)(F)F)cc4)cc3F)CC2)CC1. The monoisotopic (exact) mass is 477 g/mol. The first kappa shape index (κ1) is 24.3. The van der Waals surface area contributed by atoms with E-state index in [-0.39, 0.29) is 26.3 Å². The number of benzene rings is 2. The average Bonchev–Trinajstić information content (AvgIpc) is 2.79. The van der Waals surface area contributed by atoms with Crippen LogP contribution in [-0.2, 0) is 0 Å². The molecule has 1 nitrogen and oxygen atoms in total. The maximum absolute atomic E-state index is 15.0. The summed E-state index contributed by atoms with van der Waals surface area (Å²) in [6, 6.07) is 15.3. The molecular formula is C27H33F4OSi. The molecule has 0 N–H and O–H groups in total. The molecule has 1 heterocycles. The average molecular weight is 478 g/mol. The molecule has 1 saturated heterocycles. The van der Waals surface area contributed by atoms with Gasteiger partial charge in [0.1, 0.15) is 11.6 Å². The van der Waals surface area contributed by atoms with Gasteiger partial charge in [-0.2, -0.15) is 0 Å². The Morgan fingerprint density at radius 2 is 1.45 bits per heavy atom. The van der Waals surface area contributed by atoms with Crippen molar-refractivity contribution in [3.63, 3.8) is 0 Å². The van der Waals surface area contributed by atoms with Gasteiger partial charge >= 0.3 is 6.36 Å². The van der Waals surface area contributed by atoms with Gasteiger partial charge in [0.2, 0.25) is 0 Å². The van der Waals surface area contributed by atoms with Gasteiger partial charge in [0.15, 0.2) is 0 Å². The highest BCUT2D eigenvalue weighted by atomic mass is 28.3. The van der Waals surface area contributed by atoms with Gasteiger partial charge in [0.05, 0.1) is 0 Å². The van der Waals surface area contributed by atoms with Gasteiger partial charge in [-0.3, -0.25) is 0 Å². The van der Waals surface area contributed by atoms with E-state index >= 15 is 4.39 Å². The Hall–Kier alpha value is -1.82. The van der Waals surface area contributed by atoms with Crippen LogP contribution in [0, 0.1) is 17.7 Å². The minimum atomic E-state index is -4.72. The lowest BCUT2D eigenvalue weighted by atomic mass is 9.72. The number of rotatable bonds is 6. The van der Waals surface area contributed by atoms with Crippen LogP contribution < -0.4 is 4.74 Å². The van der Waals surface area contributed by atoms with E-state index in [0.29, 0.717) is 11.1 Å². The van der Waals surface area contributed by atoms with Gasteiger partial charge < -0.3 is 4.74 Å². The smallest absolute Gasteiger partial charge is 0.406 e. The van der Waals surface area contributed by atoms with E-state index in [4.69, 9.17) is 0 Å². The van der Waals surface area contributed by atoms with Crippen LogP contribution in [0.2, 0.25) is 18.1 Å². The van der Waals surface area contributed by atoms with Gasteiger partial charge in [-0.05, 0) is 78.3 Å². The third-order valence-corrected chi connectivity index (χ3v) is 10.8. The second-order valence-electron chi connectivity index (χ2n) is 9.76. The quantitative estimate of drug-likeness (QED) is 0.298. The topological polar surface area (TPSA) is 9.23 Å². The summed E-state index contributed by atoms with van der Waals surface area (Å²) in [5, 5.41) is 0. The van der Waals surface area contributed by atoms with E-state index in [0.717, 1.165) is 30.2 Å². The molecule has 2 fully saturated rings. The maximum atomic E-state index is 15.0. The second-order valence-corrected chi connectivity index (χ2v) is 12.8. The molecule has 1 saturated carbocycles. The number of hydrogen-bond donors (Lipinski definition) is 0. The van der Waals surface area contributed by atoms with Crippen LogP contribution in [0.1, 0.15) is 63.4 Å². The molecule has 0 atom stereocenters. The summed E-state index contributed by atoms with van der Waals surface area (Å²) in [6.45, 7) is 2.31. The Morgan fingerprint density at radius 1 is 0.848 bits per heavy atom. The second kappa shape index (κ2) is 10.6. The Bertz CT molecular complexity index is 895. The molecule has 2 aromatic carbocycles. The highest BCUT2D eigenvalue weighted by molar-refractivity contribution is 6.58. The summed E-state index contributed by atoms with van der Waals surface area (Å²) in [5.41, 5.74) is 2.11. The maximum Gasteiger partial charge on any atom is 0.573 e. The number of ether oxygens (including phenoxy) is 1. The zero-order valence-corrected chi connectivity index (χ0v) is 20.3. The molecule has 0 spiro atoms. The molecule has 1 aliphatic carbocycles. The lowest BCUT2D eigenvalue weighted by Gasteiger charge is -2.37. The van der Waals surface area contributed by atoms with E-state index in [1.54, 1.807) is 0 Å². The van der Waals surface area contributed by atoms with E-state index in [1.807, 2.05) is 12.1 Å². The predicted molar refractivity (Wildman–Crippen MR) is 126 cm³/mol. The fraction of sp³-hybridized carbons (Fsp3) is 0.556. The predicted octanol–water partition coefficient (Wildman–Crippen LogP) is 8.98. The highest BCUT2D eigenvalue weighted by Crippen LogP contribution is 2.44. The van der Waals surface area contributed by atoms with Crippen molar-refractivity contribution in [2.75, 3.05) is 0 Å². The van der Waals surface area contributed by atoms with E-state index in [1.165, 1.54) is 80.6 Å². The van der Waals surface area contributed by atoms with E-state index < -0.39 is 6.36 Å². The molecule has 0 aromatic heterocycles. The third-order valence-electron chi connectivity index (χ3n) is 7.64. The summed E-state index contributed by atoms with van der Waals surface area (Å²) in [4.78, 5) is 0. The Balaban J connectivity index is 1.33. The van der Waals surface area contributed by atoms with Crippen molar-refractivity contribution in [2.45, 2.75) is 82.3 Å². The first-order valence-corrected chi connectivity index (χ1v) is 14.4. The van der Waals surface area contributed by atoms with Crippen LogP contribution in [0.4, 0.5) is 17.6 Å². The molecule has 0 bridgehead atoms. The normalized spacial score (nSPS) is 22.9. The van der Waals surface area contributed by atoms with Crippen LogP contribution >= 0.6 is 0 Å². The van der Waals surface area contributed by atoms with Crippen molar-refractivity contribution in [1.82, 2.24) is 0 Å². The van der Waals surface area contributed by atoms with E-state index in [9.17, 15) is 13.2 Å². The molecule has 4 rings (SSSR count). The van der Waals surface area contributed by atoms with Gasteiger partial charge in [0, 0.05) is 8.80 Å². The van der Waals surface area contributed by atoms with Gasteiger partial charge in [-0.25, -0.2) is 4.39 Å². The molecule has 0 unspecified atom stereocenters. The minimum Gasteiger partial charge on any atom is -0.406 e. The molecule has 6 heteroatoms. The van der Waals surface area contributed by atoms with Crippen LogP contribution in [-0.4, -0.2) is 15.2 Å². The fourth-order valence-electron chi connectivity index (χ4n) is 5.91. The molecule has 2 aromatic rings. The minimum absolute atomic E-state index is 0.0717. The van der Waals surface area contributed by atoms with Gasteiger partial charge in [-0.15, -0.1) is 13.2 Å². The lowest BCUT2D eigenvalue weighted by molar-refractivity contribution is -0.274. The fourth-order valence-corrected chi connectivity index (χ4v) is 8.93. The lowest BCUT2D eigenvalue weighted by Crippen LogP contribution is -2.28. The van der Waals surface area contributed by atoms with Crippen LogP contribution in [0.25, 0.3) is 11.1 Å². The number of halogens is 4. The molecule has 1 aliphatic heterocycles. The van der Waals surface area contributed by atoms with Crippen LogP contribution in [0.15, 0.2) is 42.5 Å². The van der Waals surface area contributed by atoms with E-state index in [2.05, 4.69) is 11.7 Å². The Labute approximate surface area is 196 Å².